The quantitative estimate of drug-likeness (QED) is 0.789. The molecule has 1 aliphatic rings. The Labute approximate surface area is 127 Å². The maximum absolute atomic E-state index is 12.1. The normalized spacial score (nSPS) is 21.6. The Hall–Kier alpha value is -1.55. The first-order chi connectivity index (χ1) is 10.1. The van der Waals surface area contributed by atoms with Gasteiger partial charge in [-0.15, -0.1) is 0 Å². The van der Waals surface area contributed by atoms with Crippen LogP contribution in [0.5, 0.6) is 0 Å². The summed E-state index contributed by atoms with van der Waals surface area (Å²) in [7, 11) is 1.72. The summed E-state index contributed by atoms with van der Waals surface area (Å²) in [5.74, 6) is 0.145. The van der Waals surface area contributed by atoms with Crippen molar-refractivity contribution in [3.05, 3.63) is 29.8 Å². The number of benzene rings is 1. The van der Waals surface area contributed by atoms with Gasteiger partial charge in [-0.1, -0.05) is 25.1 Å². The molecule has 1 unspecified atom stereocenters. The summed E-state index contributed by atoms with van der Waals surface area (Å²) in [6.45, 7) is 7.88. The molecule has 1 fully saturated rings. The van der Waals surface area contributed by atoms with Crippen molar-refractivity contribution < 1.29 is 4.79 Å². The van der Waals surface area contributed by atoms with E-state index in [9.17, 15) is 4.79 Å². The van der Waals surface area contributed by atoms with Gasteiger partial charge < -0.3 is 15.5 Å². The van der Waals surface area contributed by atoms with E-state index in [-0.39, 0.29) is 11.3 Å². The fraction of sp³-hybridized carbons (Fsp3) is 0.588. The zero-order chi connectivity index (χ0) is 15.3. The summed E-state index contributed by atoms with van der Waals surface area (Å²) in [6, 6.07) is 8.50. The van der Waals surface area contributed by atoms with Gasteiger partial charge in [0, 0.05) is 32.4 Å². The van der Waals surface area contributed by atoms with E-state index in [0.717, 1.165) is 39.0 Å². The maximum atomic E-state index is 12.1. The third-order valence-corrected chi connectivity index (χ3v) is 4.32. The van der Waals surface area contributed by atoms with Crippen molar-refractivity contribution in [1.29, 1.82) is 0 Å². The fourth-order valence-corrected chi connectivity index (χ4v) is 3.02. The molecule has 1 aliphatic heterocycles. The first-order valence-electron chi connectivity index (χ1n) is 7.86. The maximum Gasteiger partial charge on any atom is 0.227 e. The van der Waals surface area contributed by atoms with Crippen molar-refractivity contribution in [2.45, 2.75) is 33.2 Å². The van der Waals surface area contributed by atoms with Gasteiger partial charge in [0.15, 0.2) is 0 Å². The van der Waals surface area contributed by atoms with E-state index >= 15 is 0 Å². The first kappa shape index (κ1) is 15.8. The summed E-state index contributed by atoms with van der Waals surface area (Å²) in [5.41, 5.74) is 2.29. The lowest BCUT2D eigenvalue weighted by Crippen LogP contribution is -2.39. The number of carbonyl (C=O) groups is 1. The predicted molar refractivity (Wildman–Crippen MR) is 87.4 cm³/mol. The molecule has 0 spiro atoms. The van der Waals surface area contributed by atoms with Gasteiger partial charge in [-0.2, -0.15) is 0 Å². The minimum Gasteiger partial charge on any atom is -0.370 e. The third-order valence-electron chi connectivity index (χ3n) is 4.32. The molecule has 0 bridgehead atoms. The van der Waals surface area contributed by atoms with E-state index in [1.165, 1.54) is 11.3 Å². The van der Waals surface area contributed by atoms with Crippen molar-refractivity contribution >= 4 is 11.6 Å². The van der Waals surface area contributed by atoms with Crippen molar-refractivity contribution in [3.8, 4) is 0 Å². The Kier molecular flexibility index (Phi) is 5.23. The topological polar surface area (TPSA) is 44.4 Å². The average Bonchev–Trinajstić information content (AvgIpc) is 2.91. The second kappa shape index (κ2) is 6.94. The molecule has 0 saturated carbocycles. The highest BCUT2D eigenvalue weighted by atomic mass is 16.2. The van der Waals surface area contributed by atoms with E-state index in [0.29, 0.717) is 0 Å². The average molecular weight is 289 g/mol. The van der Waals surface area contributed by atoms with Gasteiger partial charge in [0.1, 0.15) is 0 Å². The summed E-state index contributed by atoms with van der Waals surface area (Å²) in [4.78, 5) is 14.4. The summed E-state index contributed by atoms with van der Waals surface area (Å²) < 4.78 is 0. The molecule has 21 heavy (non-hydrogen) atoms. The Morgan fingerprint density at radius 2 is 2.14 bits per heavy atom. The molecule has 4 nitrogen and oxygen atoms in total. The van der Waals surface area contributed by atoms with Crippen LogP contribution >= 0.6 is 0 Å². The van der Waals surface area contributed by atoms with Gasteiger partial charge in [0.2, 0.25) is 5.91 Å². The van der Waals surface area contributed by atoms with Gasteiger partial charge in [-0.25, -0.2) is 0 Å². The molecule has 2 rings (SSSR count). The molecule has 1 aromatic rings. The van der Waals surface area contributed by atoms with Crippen LogP contribution in [0.15, 0.2) is 24.3 Å². The lowest BCUT2D eigenvalue weighted by Gasteiger charge is -2.25. The van der Waals surface area contributed by atoms with Gasteiger partial charge in [-0.05, 0) is 37.9 Å². The molecule has 4 heteroatoms. The number of hydrogen-bond acceptors (Lipinski definition) is 3. The van der Waals surface area contributed by atoms with Gasteiger partial charge in [0.25, 0.3) is 0 Å². The number of para-hydroxylation sites is 1. The van der Waals surface area contributed by atoms with Crippen molar-refractivity contribution in [2.75, 3.05) is 31.6 Å². The molecule has 1 atom stereocenters. The second-order valence-electron chi connectivity index (χ2n) is 6.12. The third kappa shape index (κ3) is 3.56. The molecular weight excluding hydrogens is 262 g/mol. The molecule has 2 N–H and O–H groups in total. The molecule has 1 aromatic carbocycles. The molecule has 0 aliphatic carbocycles. The monoisotopic (exact) mass is 289 g/mol. The Morgan fingerprint density at radius 1 is 1.38 bits per heavy atom. The smallest absolute Gasteiger partial charge is 0.227 e. The van der Waals surface area contributed by atoms with E-state index < -0.39 is 0 Å². The van der Waals surface area contributed by atoms with Crippen LogP contribution in [0.2, 0.25) is 0 Å². The first-order valence-corrected chi connectivity index (χ1v) is 7.86. The van der Waals surface area contributed by atoms with Crippen LogP contribution in [0.25, 0.3) is 0 Å². The zero-order valence-electron chi connectivity index (χ0n) is 13.4. The number of rotatable bonds is 6. The number of nitrogens with one attached hydrogen (secondary N) is 2. The van der Waals surface area contributed by atoms with E-state index in [1.54, 1.807) is 7.05 Å². The molecular formula is C17H27N3O. The van der Waals surface area contributed by atoms with Crippen molar-refractivity contribution in [1.82, 2.24) is 10.6 Å². The molecule has 116 valence electrons. The van der Waals surface area contributed by atoms with Crippen molar-refractivity contribution in [2.24, 2.45) is 5.41 Å². The Morgan fingerprint density at radius 3 is 2.86 bits per heavy atom. The summed E-state index contributed by atoms with van der Waals surface area (Å²) in [5, 5.41) is 6.26. The van der Waals surface area contributed by atoms with Crippen LogP contribution in [0, 0.1) is 5.41 Å². The number of anilines is 1. The van der Waals surface area contributed by atoms with Crippen LogP contribution in [-0.2, 0) is 11.3 Å². The molecule has 1 amide bonds. The lowest BCUT2D eigenvalue weighted by molar-refractivity contribution is -0.128. The second-order valence-corrected chi connectivity index (χ2v) is 6.12. The van der Waals surface area contributed by atoms with Gasteiger partial charge in [0.05, 0.1) is 5.41 Å². The number of amides is 1. The van der Waals surface area contributed by atoms with Gasteiger partial charge in [-0.3, -0.25) is 4.79 Å². The molecule has 1 heterocycles. The van der Waals surface area contributed by atoms with Crippen LogP contribution in [0.4, 0.5) is 5.69 Å². The summed E-state index contributed by atoms with van der Waals surface area (Å²) in [6.07, 6.45) is 2.05. The largest absolute Gasteiger partial charge is 0.370 e. The highest BCUT2D eigenvalue weighted by Gasteiger charge is 2.40. The van der Waals surface area contributed by atoms with Crippen LogP contribution in [0.1, 0.15) is 32.3 Å². The Bertz CT molecular complexity index is 489. The van der Waals surface area contributed by atoms with Crippen molar-refractivity contribution in [3.63, 3.8) is 0 Å². The Balaban J connectivity index is 2.11. The van der Waals surface area contributed by atoms with Gasteiger partial charge >= 0.3 is 0 Å². The van der Waals surface area contributed by atoms with Crippen LogP contribution in [0.3, 0.4) is 0 Å². The fourth-order valence-electron chi connectivity index (χ4n) is 3.02. The highest BCUT2D eigenvalue weighted by molar-refractivity contribution is 5.83. The number of nitrogens with zero attached hydrogens (tertiary/aromatic N) is 1. The van der Waals surface area contributed by atoms with E-state index in [2.05, 4.69) is 53.6 Å². The minimum absolute atomic E-state index is 0.145. The lowest BCUT2D eigenvalue weighted by atomic mass is 9.89. The SMILES string of the molecule is CCCNCc1ccccc1N1CCC(C)(C(=O)NC)C1. The summed E-state index contributed by atoms with van der Waals surface area (Å²) >= 11 is 0. The van der Waals surface area contributed by atoms with Crippen LogP contribution in [-0.4, -0.2) is 32.6 Å². The molecule has 0 aromatic heterocycles. The standard InChI is InChI=1S/C17H27N3O/c1-4-10-19-12-14-7-5-6-8-15(14)20-11-9-17(2,13-20)16(21)18-3/h5-8,19H,4,9-13H2,1-3H3,(H,18,21). The highest BCUT2D eigenvalue weighted by Crippen LogP contribution is 2.34. The van der Waals surface area contributed by atoms with Crippen LogP contribution < -0.4 is 15.5 Å². The molecule has 1 saturated heterocycles. The van der Waals surface area contributed by atoms with E-state index in [4.69, 9.17) is 0 Å². The number of carbonyl (C=O) groups excluding carboxylic acids is 1. The number of hydrogen-bond donors (Lipinski definition) is 2. The minimum atomic E-state index is -0.279. The molecule has 0 radical (unpaired) electrons. The predicted octanol–water partition coefficient (Wildman–Crippen LogP) is 2.15. The zero-order valence-corrected chi connectivity index (χ0v) is 13.4. The van der Waals surface area contributed by atoms with E-state index in [1.807, 2.05) is 0 Å².